The monoisotopic (exact) mass is 344 g/mol. The third kappa shape index (κ3) is 2.36. The van der Waals surface area contributed by atoms with Crippen LogP contribution in [0, 0.1) is 17.3 Å². The second kappa shape index (κ2) is 5.49. The summed E-state index contributed by atoms with van der Waals surface area (Å²) in [6.45, 7) is 3.38. The molecule has 0 heterocycles. The molecule has 5 nitrogen and oxygen atoms in total. The minimum atomic E-state index is -0.534. The van der Waals surface area contributed by atoms with Crippen LogP contribution in [0.5, 0.6) is 5.75 Å². The normalized spacial score (nSPS) is 36.4. The van der Waals surface area contributed by atoms with Gasteiger partial charge in [0.05, 0.1) is 6.10 Å². The third-order valence-corrected chi connectivity index (χ3v) is 6.56. The highest BCUT2D eigenvalue weighted by Gasteiger charge is 2.57. The molecule has 0 spiro atoms. The number of hydrogen-bond acceptors (Lipinski definition) is 5. The molecule has 0 aliphatic heterocycles. The van der Waals surface area contributed by atoms with Gasteiger partial charge in [0.2, 0.25) is 0 Å². The summed E-state index contributed by atoms with van der Waals surface area (Å²) >= 11 is 0. The number of carbonyl (C=O) groups is 1. The first-order chi connectivity index (χ1) is 11.8. The van der Waals surface area contributed by atoms with Crippen molar-refractivity contribution < 1.29 is 24.9 Å². The lowest BCUT2D eigenvalue weighted by Crippen LogP contribution is -2.47. The zero-order valence-electron chi connectivity index (χ0n) is 14.5. The number of phenolic OH excluding ortho intramolecular Hbond substituents is 1. The Bertz CT molecular complexity index is 767. The second-order valence-electron chi connectivity index (χ2n) is 7.97. The zero-order valence-corrected chi connectivity index (χ0v) is 14.5. The number of aliphatic hydroxyl groups is 2. The molecule has 3 aliphatic carbocycles. The van der Waals surface area contributed by atoms with E-state index in [1.807, 2.05) is 13.0 Å². The van der Waals surface area contributed by atoms with Crippen molar-refractivity contribution in [3.63, 3.8) is 0 Å². The van der Waals surface area contributed by atoms with Crippen LogP contribution in [0.25, 0.3) is 0 Å². The van der Waals surface area contributed by atoms with E-state index in [1.54, 1.807) is 12.1 Å². The van der Waals surface area contributed by atoms with Gasteiger partial charge in [0.1, 0.15) is 11.5 Å². The molecule has 3 N–H and O–H groups in total. The van der Waals surface area contributed by atoms with Gasteiger partial charge < -0.3 is 20.1 Å². The summed E-state index contributed by atoms with van der Waals surface area (Å²) < 4.78 is 5.37. The van der Waals surface area contributed by atoms with Crippen molar-refractivity contribution >= 4 is 5.97 Å². The predicted molar refractivity (Wildman–Crippen MR) is 90.9 cm³/mol. The van der Waals surface area contributed by atoms with Crippen molar-refractivity contribution in [3.8, 4) is 5.75 Å². The summed E-state index contributed by atoms with van der Waals surface area (Å²) in [5, 5.41) is 31.0. The standard InChI is InChI=1S/C20H24O5/c1-10(21)25-19-17(24)9-15-18-14(5-6-20(15,19)2)13-4-3-12(22)7-11(13)8-16(18)23/h3-4,7,14-16,18,22-24H,5-6,8-9H2,1-2H3/t14?,15?,16?,18?,20-/m0/s1. The zero-order chi connectivity index (χ0) is 17.9. The van der Waals surface area contributed by atoms with Gasteiger partial charge in [-0.15, -0.1) is 0 Å². The number of rotatable bonds is 1. The molecule has 0 aromatic heterocycles. The number of allylic oxidation sites excluding steroid dienone is 2. The van der Waals surface area contributed by atoms with Gasteiger partial charge in [0.25, 0.3) is 0 Å². The summed E-state index contributed by atoms with van der Waals surface area (Å²) in [6, 6.07) is 5.42. The van der Waals surface area contributed by atoms with Gasteiger partial charge >= 0.3 is 5.97 Å². The molecule has 0 amide bonds. The van der Waals surface area contributed by atoms with E-state index < -0.39 is 17.5 Å². The summed E-state index contributed by atoms with van der Waals surface area (Å²) in [5.41, 5.74) is 1.77. The van der Waals surface area contributed by atoms with Crippen molar-refractivity contribution in [1.29, 1.82) is 0 Å². The van der Waals surface area contributed by atoms with Gasteiger partial charge in [-0.05, 0) is 60.3 Å². The molecule has 1 aromatic rings. The van der Waals surface area contributed by atoms with Crippen molar-refractivity contribution in [2.45, 2.75) is 51.6 Å². The molecule has 4 unspecified atom stereocenters. The van der Waals surface area contributed by atoms with Gasteiger partial charge in [0.15, 0.2) is 5.76 Å². The van der Waals surface area contributed by atoms with Crippen LogP contribution in [0.1, 0.15) is 50.2 Å². The Balaban J connectivity index is 1.72. The molecule has 0 radical (unpaired) electrons. The van der Waals surface area contributed by atoms with E-state index in [9.17, 15) is 20.1 Å². The predicted octanol–water partition coefficient (Wildman–Crippen LogP) is 3.16. The maximum Gasteiger partial charge on any atom is 0.307 e. The van der Waals surface area contributed by atoms with E-state index in [-0.39, 0.29) is 29.3 Å². The number of fused-ring (bicyclic) bond motifs is 5. The Morgan fingerprint density at radius 2 is 2.04 bits per heavy atom. The molecule has 1 aromatic carbocycles. The number of esters is 1. The quantitative estimate of drug-likeness (QED) is 0.681. The van der Waals surface area contributed by atoms with E-state index >= 15 is 0 Å². The summed E-state index contributed by atoms with van der Waals surface area (Å²) in [7, 11) is 0. The smallest absolute Gasteiger partial charge is 0.307 e. The van der Waals surface area contributed by atoms with Crippen LogP contribution in [-0.4, -0.2) is 27.4 Å². The van der Waals surface area contributed by atoms with Crippen LogP contribution in [0.3, 0.4) is 0 Å². The van der Waals surface area contributed by atoms with Crippen LogP contribution < -0.4 is 0 Å². The molecule has 4 rings (SSSR count). The molecule has 0 saturated heterocycles. The Morgan fingerprint density at radius 1 is 1.28 bits per heavy atom. The average molecular weight is 344 g/mol. The van der Waals surface area contributed by atoms with E-state index in [1.165, 1.54) is 12.5 Å². The molecule has 1 saturated carbocycles. The number of ether oxygens (including phenoxy) is 1. The first-order valence-corrected chi connectivity index (χ1v) is 8.92. The largest absolute Gasteiger partial charge is 0.509 e. The number of aromatic hydroxyl groups is 1. The fraction of sp³-hybridized carbons (Fsp3) is 0.550. The Hall–Kier alpha value is -2.01. The van der Waals surface area contributed by atoms with E-state index in [0.29, 0.717) is 18.6 Å². The lowest BCUT2D eigenvalue weighted by atomic mass is 9.54. The maximum absolute atomic E-state index is 11.5. The minimum Gasteiger partial charge on any atom is -0.509 e. The molecule has 5 heteroatoms. The fourth-order valence-electron chi connectivity index (χ4n) is 5.52. The summed E-state index contributed by atoms with van der Waals surface area (Å²) in [5.74, 6) is 0.586. The van der Waals surface area contributed by atoms with E-state index in [0.717, 1.165) is 18.4 Å². The van der Waals surface area contributed by atoms with Crippen LogP contribution in [0.4, 0.5) is 0 Å². The number of aliphatic hydroxyl groups excluding tert-OH is 2. The SMILES string of the molecule is CC(=O)OC1=C(O)CC2C3C(O)Cc4cc(O)ccc4C3CC[C@]12C. The summed E-state index contributed by atoms with van der Waals surface area (Å²) in [4.78, 5) is 11.5. The van der Waals surface area contributed by atoms with Crippen LogP contribution in [0.2, 0.25) is 0 Å². The van der Waals surface area contributed by atoms with Crippen molar-refractivity contribution in [2.24, 2.45) is 17.3 Å². The number of benzene rings is 1. The number of phenols is 1. The topological polar surface area (TPSA) is 87.0 Å². The van der Waals surface area contributed by atoms with Crippen LogP contribution in [0.15, 0.2) is 29.7 Å². The average Bonchev–Trinajstić information content (AvgIpc) is 2.78. The Morgan fingerprint density at radius 3 is 2.76 bits per heavy atom. The van der Waals surface area contributed by atoms with Gasteiger partial charge in [-0.3, -0.25) is 4.79 Å². The van der Waals surface area contributed by atoms with E-state index in [4.69, 9.17) is 4.74 Å². The molecule has 0 bridgehead atoms. The molecule has 134 valence electrons. The fourth-order valence-corrected chi connectivity index (χ4v) is 5.52. The maximum atomic E-state index is 11.5. The highest BCUT2D eigenvalue weighted by atomic mass is 16.5. The molecule has 1 fully saturated rings. The van der Waals surface area contributed by atoms with Crippen LogP contribution >= 0.6 is 0 Å². The van der Waals surface area contributed by atoms with Crippen molar-refractivity contribution in [3.05, 3.63) is 40.8 Å². The van der Waals surface area contributed by atoms with Crippen molar-refractivity contribution in [2.75, 3.05) is 0 Å². The van der Waals surface area contributed by atoms with Crippen molar-refractivity contribution in [1.82, 2.24) is 0 Å². The molecular formula is C20H24O5. The third-order valence-electron chi connectivity index (χ3n) is 6.56. The van der Waals surface area contributed by atoms with Gasteiger partial charge in [-0.2, -0.15) is 0 Å². The Kier molecular flexibility index (Phi) is 3.62. The van der Waals surface area contributed by atoms with Crippen LogP contribution in [-0.2, 0) is 16.0 Å². The first kappa shape index (κ1) is 16.5. The first-order valence-electron chi connectivity index (χ1n) is 8.92. The highest BCUT2D eigenvalue weighted by molar-refractivity contribution is 5.67. The number of carbonyl (C=O) groups excluding carboxylic acids is 1. The van der Waals surface area contributed by atoms with Gasteiger partial charge in [0, 0.05) is 18.8 Å². The molecule has 25 heavy (non-hydrogen) atoms. The van der Waals surface area contributed by atoms with Gasteiger partial charge in [-0.1, -0.05) is 13.0 Å². The number of hydrogen-bond donors (Lipinski definition) is 3. The minimum absolute atomic E-state index is 0.00556. The Labute approximate surface area is 146 Å². The van der Waals surface area contributed by atoms with E-state index in [2.05, 4.69) is 0 Å². The highest BCUT2D eigenvalue weighted by Crippen LogP contribution is 2.62. The lowest BCUT2D eigenvalue weighted by Gasteiger charge is -2.51. The molecule has 3 aliphatic rings. The lowest BCUT2D eigenvalue weighted by molar-refractivity contribution is -0.140. The molecule has 5 atom stereocenters. The second-order valence-corrected chi connectivity index (χ2v) is 7.97. The van der Waals surface area contributed by atoms with Gasteiger partial charge in [-0.25, -0.2) is 0 Å². The molecular weight excluding hydrogens is 320 g/mol. The summed E-state index contributed by atoms with van der Waals surface area (Å²) in [6.07, 6.45) is 2.04.